The number of aliphatic hydroxyl groups is 1. The third kappa shape index (κ3) is 8.77. The number of hydrogen-bond acceptors (Lipinski definition) is 9. The molecule has 1 saturated heterocycles. The minimum atomic E-state index is -2.74. The lowest BCUT2D eigenvalue weighted by Gasteiger charge is -2.37. The van der Waals surface area contributed by atoms with Crippen molar-refractivity contribution >= 4 is 29.1 Å². The number of phenols is 2. The Morgan fingerprint density at radius 3 is 2.15 bits per heavy atom. The Morgan fingerprint density at radius 2 is 1.57 bits per heavy atom. The van der Waals surface area contributed by atoms with Crippen LogP contribution in [0.1, 0.15) is 42.6 Å². The number of nitrogens with zero attached hydrogens (tertiary/aromatic N) is 1. The fourth-order valence-corrected chi connectivity index (χ4v) is 5.42. The van der Waals surface area contributed by atoms with E-state index in [9.17, 15) is 29.0 Å². The third-order valence-corrected chi connectivity index (χ3v) is 7.83. The zero-order valence-electron chi connectivity index (χ0n) is 25.5. The van der Waals surface area contributed by atoms with E-state index in [0.29, 0.717) is 12.4 Å². The van der Waals surface area contributed by atoms with Gasteiger partial charge in [0.05, 0.1) is 19.5 Å². The maximum Gasteiger partial charge on any atom is 0.336 e. The van der Waals surface area contributed by atoms with Gasteiger partial charge in [-0.2, -0.15) is 0 Å². The predicted molar refractivity (Wildman–Crippen MR) is 167 cm³/mol. The molecule has 1 fully saturated rings. The van der Waals surface area contributed by atoms with Crippen LogP contribution in [0.15, 0.2) is 66.7 Å². The van der Waals surface area contributed by atoms with E-state index < -0.39 is 36.4 Å². The summed E-state index contributed by atoms with van der Waals surface area (Å²) in [6.45, 7) is 4.72. The fourth-order valence-electron chi connectivity index (χ4n) is 5.42. The molecule has 1 atom stereocenters. The molecule has 2 aliphatic heterocycles. The summed E-state index contributed by atoms with van der Waals surface area (Å²) in [6.07, 6.45) is -2.67. The van der Waals surface area contributed by atoms with Crippen molar-refractivity contribution in [1.29, 1.82) is 0 Å². The fraction of sp³-hybridized carbons (Fsp3) is 0.324. The lowest BCUT2D eigenvalue weighted by molar-refractivity contribution is -0.170. The molecule has 0 bridgehead atoms. The van der Waals surface area contributed by atoms with Gasteiger partial charge in [0.25, 0.3) is 0 Å². The smallest absolute Gasteiger partial charge is 0.336 e. The average molecular weight is 654 g/mol. The second-order valence-electron chi connectivity index (χ2n) is 11.4. The van der Waals surface area contributed by atoms with Crippen LogP contribution in [0.3, 0.4) is 0 Å². The number of ether oxygens (including phenoxy) is 2. The summed E-state index contributed by atoms with van der Waals surface area (Å²) in [5.74, 6) is -3.01. The van der Waals surface area contributed by atoms with Gasteiger partial charge in [0.2, 0.25) is 0 Å². The highest BCUT2D eigenvalue weighted by Gasteiger charge is 2.40. The van der Waals surface area contributed by atoms with Gasteiger partial charge in [-0.3, -0.25) is 18.9 Å². The topological polar surface area (TPSA) is 194 Å². The van der Waals surface area contributed by atoms with E-state index in [2.05, 4.69) is 4.90 Å². The Bertz CT molecular complexity index is 1620. The molecule has 12 nitrogen and oxygen atoms in total. The number of rotatable bonds is 12. The molecule has 2 heterocycles. The molecular formula is C34H36FNO11. The van der Waals surface area contributed by atoms with Crippen LogP contribution in [0.4, 0.5) is 4.39 Å². The number of aliphatic carboxylic acids is 3. The molecule has 0 aromatic heterocycles. The molecule has 0 spiro atoms. The van der Waals surface area contributed by atoms with Gasteiger partial charge in [-0.25, -0.2) is 4.79 Å². The molecular weight excluding hydrogens is 617 g/mol. The van der Waals surface area contributed by atoms with Gasteiger partial charge in [-0.1, -0.05) is 24.3 Å². The highest BCUT2D eigenvalue weighted by molar-refractivity contribution is 5.96. The number of alkyl halides is 1. The highest BCUT2D eigenvalue weighted by atomic mass is 19.1. The standard InChI is InChI=1S/C28H28FNO4.C6H8O7/c1-18-25-14-23(32)7-10-26(25)34-28(27(18)21-3-2-4-22(31)13-21)20-5-8-24(9-6-20)33-12-11-30-16-19(15-29)17-30;7-3(8)1-6(13,5(11)12)2-4(9)10/h2-10,13-14,19,28,31-32H,11-12,15-17H2,1H3;13H,1-2H2,(H,7,8)(H,9,10)(H,11,12)/t28-;/m0./s1. The quantitative estimate of drug-likeness (QED) is 0.163. The van der Waals surface area contributed by atoms with Gasteiger partial charge in [-0.05, 0) is 66.1 Å². The molecule has 0 saturated carbocycles. The van der Waals surface area contributed by atoms with Crippen molar-refractivity contribution in [2.45, 2.75) is 31.5 Å². The van der Waals surface area contributed by atoms with Crippen molar-refractivity contribution in [3.05, 3.63) is 83.4 Å². The highest BCUT2D eigenvalue weighted by Crippen LogP contribution is 2.47. The predicted octanol–water partition coefficient (Wildman–Crippen LogP) is 4.19. The van der Waals surface area contributed by atoms with Crippen molar-refractivity contribution in [3.63, 3.8) is 0 Å². The van der Waals surface area contributed by atoms with Crippen LogP contribution in [0.2, 0.25) is 0 Å². The summed E-state index contributed by atoms with van der Waals surface area (Å²) >= 11 is 0. The zero-order chi connectivity index (χ0) is 34.3. The van der Waals surface area contributed by atoms with Crippen molar-refractivity contribution in [3.8, 4) is 23.0 Å². The van der Waals surface area contributed by atoms with Crippen molar-refractivity contribution in [2.75, 3.05) is 32.9 Å². The SMILES string of the molecule is CC1=C(c2cccc(O)c2)[C@H](c2ccc(OCCN3CC(CF)C3)cc2)Oc2ccc(O)cc21.O=C(O)CC(O)(CC(=O)O)C(=O)O. The number of likely N-dealkylation sites (tertiary alicyclic amines) is 1. The second kappa shape index (κ2) is 15.0. The van der Waals surface area contributed by atoms with Crippen LogP contribution in [-0.4, -0.2) is 92.0 Å². The first-order valence-electron chi connectivity index (χ1n) is 14.7. The van der Waals surface area contributed by atoms with Gasteiger partial charge in [-0.15, -0.1) is 0 Å². The lowest BCUT2D eigenvalue weighted by Crippen LogP contribution is -2.49. The van der Waals surface area contributed by atoms with Crippen LogP contribution in [-0.2, 0) is 14.4 Å². The second-order valence-corrected chi connectivity index (χ2v) is 11.4. The molecule has 5 rings (SSSR count). The van der Waals surface area contributed by atoms with Gasteiger partial charge in [0, 0.05) is 36.7 Å². The number of carbonyl (C=O) groups is 3. The molecule has 250 valence electrons. The van der Waals surface area contributed by atoms with Gasteiger partial charge >= 0.3 is 17.9 Å². The monoisotopic (exact) mass is 653 g/mol. The molecule has 0 amide bonds. The van der Waals surface area contributed by atoms with Crippen LogP contribution in [0.25, 0.3) is 11.1 Å². The lowest BCUT2D eigenvalue weighted by atomic mass is 9.86. The number of fused-ring (bicyclic) bond motifs is 1. The Morgan fingerprint density at radius 1 is 0.936 bits per heavy atom. The summed E-state index contributed by atoms with van der Waals surface area (Å²) in [4.78, 5) is 32.7. The van der Waals surface area contributed by atoms with Gasteiger partial charge in [0.15, 0.2) is 5.60 Å². The zero-order valence-corrected chi connectivity index (χ0v) is 25.5. The van der Waals surface area contributed by atoms with Crippen molar-refractivity contribution in [2.24, 2.45) is 5.92 Å². The summed E-state index contributed by atoms with van der Waals surface area (Å²) in [5, 5.41) is 53.9. The first-order chi connectivity index (χ1) is 22.3. The van der Waals surface area contributed by atoms with E-state index in [4.69, 9.17) is 29.9 Å². The van der Waals surface area contributed by atoms with E-state index in [1.807, 2.05) is 43.3 Å². The largest absolute Gasteiger partial charge is 0.508 e. The van der Waals surface area contributed by atoms with Crippen LogP contribution < -0.4 is 9.47 Å². The maximum absolute atomic E-state index is 12.6. The number of phenolic OH excluding ortho intramolecular Hbond substituents is 2. The number of carboxylic acid groups (broad SMARTS) is 3. The Labute approximate surface area is 269 Å². The third-order valence-electron chi connectivity index (χ3n) is 7.83. The molecule has 2 aliphatic rings. The summed E-state index contributed by atoms with van der Waals surface area (Å²) in [6, 6.07) is 20.1. The molecule has 0 aliphatic carbocycles. The van der Waals surface area contributed by atoms with Gasteiger partial charge < -0.3 is 40.1 Å². The minimum absolute atomic E-state index is 0.176. The minimum Gasteiger partial charge on any atom is -0.508 e. The number of carboxylic acids is 3. The normalized spacial score (nSPS) is 16.2. The Hall–Kier alpha value is -5.14. The average Bonchev–Trinajstić information content (AvgIpc) is 2.98. The van der Waals surface area contributed by atoms with Crippen LogP contribution >= 0.6 is 0 Å². The Kier molecular flexibility index (Phi) is 11.1. The number of benzene rings is 3. The van der Waals surface area contributed by atoms with Crippen LogP contribution in [0.5, 0.6) is 23.0 Å². The molecule has 3 aromatic carbocycles. The number of halogens is 1. The molecule has 13 heteroatoms. The van der Waals surface area contributed by atoms with Crippen molar-refractivity contribution in [1.82, 2.24) is 4.90 Å². The molecule has 0 unspecified atom stereocenters. The summed E-state index contributed by atoms with van der Waals surface area (Å²) in [7, 11) is 0. The molecule has 0 radical (unpaired) electrons. The van der Waals surface area contributed by atoms with Crippen LogP contribution in [0, 0.1) is 5.92 Å². The first kappa shape index (κ1) is 34.7. The van der Waals surface area contributed by atoms with E-state index in [1.165, 1.54) is 0 Å². The first-order valence-corrected chi connectivity index (χ1v) is 14.7. The summed E-state index contributed by atoms with van der Waals surface area (Å²) < 4.78 is 24.9. The number of aromatic hydroxyl groups is 2. The molecule has 47 heavy (non-hydrogen) atoms. The van der Waals surface area contributed by atoms with E-state index in [-0.39, 0.29) is 30.2 Å². The molecule has 3 aromatic rings. The number of hydrogen-bond donors (Lipinski definition) is 6. The van der Waals surface area contributed by atoms with E-state index in [0.717, 1.165) is 53.2 Å². The Balaban J connectivity index is 0.000000328. The summed E-state index contributed by atoms with van der Waals surface area (Å²) in [5.41, 5.74) is 1.82. The molecule has 6 N–H and O–H groups in total. The maximum atomic E-state index is 12.6. The van der Waals surface area contributed by atoms with Gasteiger partial charge in [0.1, 0.15) is 35.7 Å². The van der Waals surface area contributed by atoms with Crippen molar-refractivity contribution < 1.29 is 58.9 Å². The van der Waals surface area contributed by atoms with E-state index in [1.54, 1.807) is 30.3 Å². The van der Waals surface area contributed by atoms with E-state index >= 15 is 0 Å². The number of allylic oxidation sites excluding steroid dienone is 1.